The standard InChI is InChI=1S/C42H41NO6/c1-30-7-17-36(18-8-30)43(37-19-9-31(2)10-20-37)38-21-11-33(12-22-38)29-41(34-13-23-39(46-4)24-14-34)35-15-25-40(26-16-35)49-42(45)48-28-6-5-27-47-32(3)44/h7-26,29H,5-6,27-28H2,1-4H3. The molecule has 7 heteroatoms. The molecule has 0 atom stereocenters. The molecule has 0 heterocycles. The fourth-order valence-corrected chi connectivity index (χ4v) is 5.23. The number of anilines is 3. The first-order valence-corrected chi connectivity index (χ1v) is 16.3. The highest BCUT2D eigenvalue weighted by atomic mass is 16.7. The van der Waals surface area contributed by atoms with E-state index in [1.165, 1.54) is 18.1 Å². The maximum absolute atomic E-state index is 12.2. The summed E-state index contributed by atoms with van der Waals surface area (Å²) in [6, 6.07) is 40.9. The van der Waals surface area contributed by atoms with Crippen LogP contribution >= 0.6 is 0 Å². The molecule has 49 heavy (non-hydrogen) atoms. The first-order valence-electron chi connectivity index (χ1n) is 16.3. The van der Waals surface area contributed by atoms with Gasteiger partial charge in [-0.3, -0.25) is 4.79 Å². The van der Waals surface area contributed by atoms with Gasteiger partial charge in [0.1, 0.15) is 11.5 Å². The zero-order valence-electron chi connectivity index (χ0n) is 28.3. The molecular formula is C42H41NO6. The number of nitrogens with zero attached hydrogens (tertiary/aromatic N) is 1. The molecule has 0 spiro atoms. The van der Waals surface area contributed by atoms with Crippen molar-refractivity contribution in [2.24, 2.45) is 0 Å². The van der Waals surface area contributed by atoms with Crippen LogP contribution in [0.3, 0.4) is 0 Å². The van der Waals surface area contributed by atoms with E-state index in [0.717, 1.165) is 45.1 Å². The molecule has 5 rings (SSSR count). The summed E-state index contributed by atoms with van der Waals surface area (Å²) in [5, 5.41) is 0. The van der Waals surface area contributed by atoms with E-state index in [-0.39, 0.29) is 12.6 Å². The molecular weight excluding hydrogens is 614 g/mol. The van der Waals surface area contributed by atoms with Crippen LogP contribution in [0.4, 0.5) is 21.9 Å². The largest absolute Gasteiger partial charge is 0.513 e. The lowest BCUT2D eigenvalue weighted by molar-refractivity contribution is -0.141. The van der Waals surface area contributed by atoms with Crippen LogP contribution < -0.4 is 14.4 Å². The van der Waals surface area contributed by atoms with E-state index in [2.05, 4.69) is 97.6 Å². The van der Waals surface area contributed by atoms with Crippen molar-refractivity contribution in [1.82, 2.24) is 0 Å². The highest BCUT2D eigenvalue weighted by molar-refractivity contribution is 5.92. The van der Waals surface area contributed by atoms with Crippen LogP contribution in [0, 0.1) is 13.8 Å². The summed E-state index contributed by atoms with van der Waals surface area (Å²) in [6.45, 7) is 6.02. The van der Waals surface area contributed by atoms with Crippen molar-refractivity contribution >= 4 is 40.8 Å². The Morgan fingerprint density at radius 2 is 1.04 bits per heavy atom. The lowest BCUT2D eigenvalue weighted by atomic mass is 9.95. The predicted molar refractivity (Wildman–Crippen MR) is 195 cm³/mol. The van der Waals surface area contributed by atoms with Crippen molar-refractivity contribution in [1.29, 1.82) is 0 Å². The summed E-state index contributed by atoms with van der Waals surface area (Å²) in [5.41, 5.74) is 9.62. The first kappa shape index (κ1) is 34.5. The maximum atomic E-state index is 12.2. The predicted octanol–water partition coefficient (Wildman–Crippen LogP) is 10.2. The molecule has 7 nitrogen and oxygen atoms in total. The minimum Gasteiger partial charge on any atom is -0.497 e. The Morgan fingerprint density at radius 3 is 1.51 bits per heavy atom. The number of esters is 1. The van der Waals surface area contributed by atoms with E-state index in [9.17, 15) is 9.59 Å². The van der Waals surface area contributed by atoms with E-state index >= 15 is 0 Å². The molecule has 0 fully saturated rings. The molecule has 0 aromatic heterocycles. The Bertz CT molecular complexity index is 1800. The summed E-state index contributed by atoms with van der Waals surface area (Å²) in [5.74, 6) is 0.818. The highest BCUT2D eigenvalue weighted by Gasteiger charge is 2.14. The van der Waals surface area contributed by atoms with Crippen molar-refractivity contribution in [2.75, 3.05) is 25.2 Å². The molecule has 0 saturated heterocycles. The van der Waals surface area contributed by atoms with E-state index in [1.807, 2.05) is 36.4 Å². The van der Waals surface area contributed by atoms with Crippen LogP contribution in [0.25, 0.3) is 11.6 Å². The second kappa shape index (κ2) is 16.8. The van der Waals surface area contributed by atoms with Gasteiger partial charge >= 0.3 is 12.1 Å². The topological polar surface area (TPSA) is 74.3 Å². The van der Waals surface area contributed by atoms with Gasteiger partial charge in [0.05, 0.1) is 20.3 Å². The van der Waals surface area contributed by atoms with Crippen molar-refractivity contribution < 1.29 is 28.5 Å². The summed E-state index contributed by atoms with van der Waals surface area (Å²) in [4.78, 5) is 25.3. The van der Waals surface area contributed by atoms with Crippen molar-refractivity contribution in [3.63, 3.8) is 0 Å². The number of hydrogen-bond donors (Lipinski definition) is 0. The van der Waals surface area contributed by atoms with Gasteiger partial charge in [-0.25, -0.2) is 4.79 Å². The van der Waals surface area contributed by atoms with Gasteiger partial charge in [-0.05, 0) is 116 Å². The second-order valence-corrected chi connectivity index (χ2v) is 11.7. The summed E-state index contributed by atoms with van der Waals surface area (Å²) < 4.78 is 20.8. The van der Waals surface area contributed by atoms with E-state index in [0.29, 0.717) is 25.2 Å². The Kier molecular flexibility index (Phi) is 11.9. The minimum absolute atomic E-state index is 0.176. The van der Waals surface area contributed by atoms with Crippen LogP contribution in [0.1, 0.15) is 47.6 Å². The SMILES string of the molecule is COc1ccc(C(=Cc2ccc(N(c3ccc(C)cc3)c3ccc(C)cc3)cc2)c2ccc(OC(=O)OCCCCOC(C)=O)cc2)cc1. The number of unbranched alkanes of at least 4 members (excludes halogenated alkanes) is 1. The highest BCUT2D eigenvalue weighted by Crippen LogP contribution is 2.36. The zero-order valence-corrected chi connectivity index (χ0v) is 28.3. The van der Waals surface area contributed by atoms with Crippen LogP contribution in [0.5, 0.6) is 11.5 Å². The van der Waals surface area contributed by atoms with Crippen molar-refractivity contribution in [2.45, 2.75) is 33.6 Å². The van der Waals surface area contributed by atoms with E-state index < -0.39 is 6.16 Å². The average Bonchev–Trinajstić information content (AvgIpc) is 3.11. The zero-order chi connectivity index (χ0) is 34.6. The molecule has 0 aliphatic heterocycles. The molecule has 0 unspecified atom stereocenters. The maximum Gasteiger partial charge on any atom is 0.513 e. The third-order valence-corrected chi connectivity index (χ3v) is 7.88. The number of hydrogen-bond acceptors (Lipinski definition) is 7. The second-order valence-electron chi connectivity index (χ2n) is 11.7. The van der Waals surface area contributed by atoms with Gasteiger partial charge in [-0.15, -0.1) is 0 Å². The van der Waals surface area contributed by atoms with Crippen LogP contribution in [0.2, 0.25) is 0 Å². The lowest BCUT2D eigenvalue weighted by Gasteiger charge is -2.26. The molecule has 0 saturated carbocycles. The number of aryl methyl sites for hydroxylation is 2. The number of methoxy groups -OCH3 is 1. The van der Waals surface area contributed by atoms with Crippen molar-refractivity contribution in [3.8, 4) is 11.5 Å². The van der Waals surface area contributed by atoms with Gasteiger partial charge in [-0.1, -0.05) is 71.8 Å². The molecule has 0 N–H and O–H groups in total. The molecule has 0 bridgehead atoms. The Hall–Kier alpha value is -5.82. The fourth-order valence-electron chi connectivity index (χ4n) is 5.23. The van der Waals surface area contributed by atoms with Crippen LogP contribution in [-0.2, 0) is 14.3 Å². The van der Waals surface area contributed by atoms with Gasteiger partial charge in [-0.2, -0.15) is 0 Å². The van der Waals surface area contributed by atoms with Gasteiger partial charge in [0.25, 0.3) is 0 Å². The number of rotatable bonds is 13. The smallest absolute Gasteiger partial charge is 0.497 e. The fraction of sp³-hybridized carbons (Fsp3) is 0.190. The number of ether oxygens (including phenoxy) is 4. The number of carbonyl (C=O) groups is 2. The summed E-state index contributed by atoms with van der Waals surface area (Å²) in [7, 11) is 1.65. The number of benzene rings is 5. The van der Waals surface area contributed by atoms with Gasteiger partial charge in [0.2, 0.25) is 0 Å². The number of carbonyl (C=O) groups excluding carboxylic acids is 2. The Morgan fingerprint density at radius 1 is 0.592 bits per heavy atom. The van der Waals surface area contributed by atoms with Gasteiger partial charge in [0, 0.05) is 24.0 Å². The quantitative estimate of drug-likeness (QED) is 0.0541. The summed E-state index contributed by atoms with van der Waals surface area (Å²) >= 11 is 0. The lowest BCUT2D eigenvalue weighted by Crippen LogP contribution is -2.12. The van der Waals surface area contributed by atoms with Gasteiger partial charge in [0.15, 0.2) is 0 Å². The Labute approximate surface area is 288 Å². The van der Waals surface area contributed by atoms with Crippen LogP contribution in [-0.4, -0.2) is 32.4 Å². The monoisotopic (exact) mass is 655 g/mol. The third-order valence-electron chi connectivity index (χ3n) is 7.88. The van der Waals surface area contributed by atoms with Crippen LogP contribution in [0.15, 0.2) is 121 Å². The average molecular weight is 656 g/mol. The molecule has 0 amide bonds. The molecule has 0 radical (unpaired) electrons. The molecule has 0 aliphatic carbocycles. The molecule has 5 aromatic carbocycles. The van der Waals surface area contributed by atoms with E-state index in [1.54, 1.807) is 19.2 Å². The molecule has 5 aromatic rings. The first-order chi connectivity index (χ1) is 23.8. The molecule has 0 aliphatic rings. The normalized spacial score (nSPS) is 11.1. The summed E-state index contributed by atoms with van der Waals surface area (Å²) in [6.07, 6.45) is 2.53. The van der Waals surface area contributed by atoms with Crippen molar-refractivity contribution in [3.05, 3.63) is 149 Å². The Balaban J connectivity index is 1.37. The van der Waals surface area contributed by atoms with Gasteiger partial charge < -0.3 is 23.8 Å². The minimum atomic E-state index is -0.781. The van der Waals surface area contributed by atoms with E-state index in [4.69, 9.17) is 18.9 Å². The third kappa shape index (κ3) is 9.84. The molecule has 250 valence electrons.